The topological polar surface area (TPSA) is 60.4 Å². The van der Waals surface area contributed by atoms with E-state index in [1.54, 1.807) is 0 Å². The fourth-order valence-corrected chi connectivity index (χ4v) is 1.35. The zero-order valence-electron chi connectivity index (χ0n) is 8.37. The highest BCUT2D eigenvalue weighted by molar-refractivity contribution is 7.71. The van der Waals surface area contributed by atoms with E-state index >= 15 is 0 Å². The molecular formula is C10H10N2O3S. The zero-order chi connectivity index (χ0) is 11.4. The second-order valence-corrected chi connectivity index (χ2v) is 3.35. The van der Waals surface area contributed by atoms with Crippen LogP contribution < -0.4 is 4.74 Å². The lowest BCUT2D eigenvalue weighted by Gasteiger charge is -2.01. The van der Waals surface area contributed by atoms with Gasteiger partial charge < -0.3 is 14.3 Å². The van der Waals surface area contributed by atoms with Gasteiger partial charge in [-0.1, -0.05) is 18.2 Å². The van der Waals surface area contributed by atoms with Crippen molar-refractivity contribution in [1.82, 2.24) is 9.78 Å². The summed E-state index contributed by atoms with van der Waals surface area (Å²) in [4.78, 5) is 0.133. The average Bonchev–Trinajstić information content (AvgIpc) is 2.69. The van der Waals surface area contributed by atoms with Gasteiger partial charge in [0.1, 0.15) is 12.5 Å². The molecule has 5 nitrogen and oxygen atoms in total. The van der Waals surface area contributed by atoms with E-state index in [4.69, 9.17) is 26.5 Å². The van der Waals surface area contributed by atoms with E-state index in [-0.39, 0.29) is 18.2 Å². The third kappa shape index (κ3) is 2.47. The molecule has 6 heteroatoms. The SMILES string of the molecule is OCn1nc(COc2ccccc2)oc1=S. The van der Waals surface area contributed by atoms with Crippen LogP contribution in [0, 0.1) is 4.84 Å². The van der Waals surface area contributed by atoms with E-state index in [2.05, 4.69) is 5.10 Å². The first-order chi connectivity index (χ1) is 7.79. The molecule has 2 rings (SSSR count). The van der Waals surface area contributed by atoms with Crippen LogP contribution in [0.3, 0.4) is 0 Å². The van der Waals surface area contributed by atoms with Crippen molar-refractivity contribution >= 4 is 12.2 Å². The van der Waals surface area contributed by atoms with E-state index in [0.29, 0.717) is 5.89 Å². The number of aliphatic hydroxyl groups excluding tert-OH is 1. The van der Waals surface area contributed by atoms with E-state index in [1.165, 1.54) is 4.68 Å². The number of nitrogens with zero attached hydrogens (tertiary/aromatic N) is 2. The van der Waals surface area contributed by atoms with Gasteiger partial charge in [0.05, 0.1) is 0 Å². The molecule has 0 saturated heterocycles. The van der Waals surface area contributed by atoms with Gasteiger partial charge in [-0.3, -0.25) is 0 Å². The van der Waals surface area contributed by atoms with Gasteiger partial charge in [0, 0.05) is 0 Å². The Morgan fingerprint density at radius 1 is 1.38 bits per heavy atom. The van der Waals surface area contributed by atoms with Crippen molar-refractivity contribution in [3.05, 3.63) is 41.1 Å². The van der Waals surface area contributed by atoms with Gasteiger partial charge in [-0.15, -0.1) is 5.10 Å². The van der Waals surface area contributed by atoms with Crippen molar-refractivity contribution in [2.24, 2.45) is 0 Å². The largest absolute Gasteiger partial charge is 0.484 e. The molecule has 0 saturated carbocycles. The Morgan fingerprint density at radius 3 is 2.75 bits per heavy atom. The smallest absolute Gasteiger partial charge is 0.289 e. The van der Waals surface area contributed by atoms with Gasteiger partial charge >= 0.3 is 0 Å². The van der Waals surface area contributed by atoms with Crippen LogP contribution in [0.1, 0.15) is 5.89 Å². The van der Waals surface area contributed by atoms with E-state index in [9.17, 15) is 0 Å². The predicted molar refractivity (Wildman–Crippen MR) is 58.3 cm³/mol. The highest BCUT2D eigenvalue weighted by Gasteiger charge is 2.04. The summed E-state index contributed by atoms with van der Waals surface area (Å²) in [5.74, 6) is 1.06. The van der Waals surface area contributed by atoms with E-state index < -0.39 is 0 Å². The summed E-state index contributed by atoms with van der Waals surface area (Å²) in [5.41, 5.74) is 0. The van der Waals surface area contributed by atoms with Crippen molar-refractivity contribution in [2.45, 2.75) is 13.3 Å². The molecule has 0 aliphatic rings. The minimum atomic E-state index is -0.298. The molecule has 0 radical (unpaired) electrons. The first-order valence-corrected chi connectivity index (χ1v) is 5.06. The fraction of sp³-hybridized carbons (Fsp3) is 0.200. The van der Waals surface area contributed by atoms with E-state index in [0.717, 1.165) is 5.75 Å². The lowest BCUT2D eigenvalue weighted by molar-refractivity contribution is 0.189. The van der Waals surface area contributed by atoms with Crippen LogP contribution in [0.5, 0.6) is 5.75 Å². The number of hydrogen-bond acceptors (Lipinski definition) is 5. The Labute approximate surface area is 96.9 Å². The summed E-state index contributed by atoms with van der Waals surface area (Å²) in [6.07, 6.45) is 0. The molecule has 0 aliphatic heterocycles. The second kappa shape index (κ2) is 4.91. The van der Waals surface area contributed by atoms with Gasteiger partial charge in [-0.05, 0) is 24.4 Å². The molecule has 16 heavy (non-hydrogen) atoms. The maximum atomic E-state index is 8.85. The van der Waals surface area contributed by atoms with Gasteiger partial charge in [-0.2, -0.15) is 4.68 Å². The molecule has 0 aliphatic carbocycles. The number of hydrogen-bond donors (Lipinski definition) is 1. The molecule has 2 aromatic rings. The highest BCUT2D eigenvalue weighted by atomic mass is 32.1. The average molecular weight is 238 g/mol. The normalized spacial score (nSPS) is 10.3. The van der Waals surface area contributed by atoms with Gasteiger partial charge in [0.2, 0.25) is 0 Å². The quantitative estimate of drug-likeness (QED) is 0.822. The molecular weight excluding hydrogens is 228 g/mol. The molecule has 0 amide bonds. The van der Waals surface area contributed by atoms with Crippen molar-refractivity contribution in [1.29, 1.82) is 0 Å². The maximum absolute atomic E-state index is 8.85. The number of para-hydroxylation sites is 1. The summed E-state index contributed by atoms with van der Waals surface area (Å²) >= 11 is 4.82. The van der Waals surface area contributed by atoms with Crippen LogP contribution >= 0.6 is 12.2 Å². The molecule has 0 spiro atoms. The van der Waals surface area contributed by atoms with Crippen LogP contribution in [0.25, 0.3) is 0 Å². The number of aromatic nitrogens is 2. The Balaban J connectivity index is 2.02. The molecule has 1 aromatic heterocycles. The number of ether oxygens (including phenoxy) is 1. The lowest BCUT2D eigenvalue weighted by Crippen LogP contribution is -2.01. The van der Waals surface area contributed by atoms with Crippen LogP contribution in [0.4, 0.5) is 0 Å². The number of benzene rings is 1. The van der Waals surface area contributed by atoms with Gasteiger partial charge in [0.25, 0.3) is 10.7 Å². The van der Waals surface area contributed by atoms with Gasteiger partial charge in [-0.25, -0.2) is 0 Å². The first-order valence-electron chi connectivity index (χ1n) is 4.65. The predicted octanol–water partition coefficient (Wildman–Crippen LogP) is 1.73. The molecule has 84 valence electrons. The third-order valence-corrected chi connectivity index (χ3v) is 2.18. The van der Waals surface area contributed by atoms with Crippen molar-refractivity contribution in [2.75, 3.05) is 0 Å². The van der Waals surface area contributed by atoms with Gasteiger partial charge in [0.15, 0.2) is 6.61 Å². The standard InChI is InChI=1S/C10H10N2O3S/c13-7-12-10(16)15-9(11-12)6-14-8-4-2-1-3-5-8/h1-5,13H,6-7H2. The highest BCUT2D eigenvalue weighted by Crippen LogP contribution is 2.10. The van der Waals surface area contributed by atoms with Crippen LogP contribution in [-0.4, -0.2) is 14.9 Å². The summed E-state index contributed by atoms with van der Waals surface area (Å²) in [6.45, 7) is -0.117. The minimum absolute atomic E-state index is 0.133. The number of rotatable bonds is 4. The summed E-state index contributed by atoms with van der Waals surface area (Å²) in [6, 6.07) is 9.31. The fourth-order valence-electron chi connectivity index (χ4n) is 1.16. The zero-order valence-corrected chi connectivity index (χ0v) is 9.18. The third-order valence-electron chi connectivity index (χ3n) is 1.89. The minimum Gasteiger partial charge on any atom is -0.484 e. The molecule has 1 N–H and O–H groups in total. The van der Waals surface area contributed by atoms with Crippen molar-refractivity contribution < 1.29 is 14.3 Å². The van der Waals surface area contributed by atoms with Crippen LogP contribution in [-0.2, 0) is 13.3 Å². The van der Waals surface area contributed by atoms with Crippen LogP contribution in [0.2, 0.25) is 0 Å². The molecule has 0 atom stereocenters. The number of aliphatic hydroxyl groups is 1. The second-order valence-electron chi connectivity index (χ2n) is 3.00. The molecule has 1 heterocycles. The Hall–Kier alpha value is -1.66. The molecule has 0 fully saturated rings. The monoisotopic (exact) mass is 238 g/mol. The van der Waals surface area contributed by atoms with Crippen LogP contribution in [0.15, 0.2) is 34.7 Å². The van der Waals surface area contributed by atoms with Crippen molar-refractivity contribution in [3.8, 4) is 5.75 Å². The van der Waals surface area contributed by atoms with E-state index in [1.807, 2.05) is 30.3 Å². The molecule has 0 unspecified atom stereocenters. The maximum Gasteiger partial charge on any atom is 0.289 e. The van der Waals surface area contributed by atoms with Crippen molar-refractivity contribution in [3.63, 3.8) is 0 Å². The summed E-state index contributed by atoms with van der Waals surface area (Å²) in [7, 11) is 0. The Morgan fingerprint density at radius 2 is 2.12 bits per heavy atom. The first kappa shape index (κ1) is 10.8. The summed E-state index contributed by atoms with van der Waals surface area (Å²) < 4.78 is 11.7. The molecule has 0 bridgehead atoms. The lowest BCUT2D eigenvalue weighted by atomic mass is 10.3. The summed E-state index contributed by atoms with van der Waals surface area (Å²) in [5, 5.41) is 12.8. The Kier molecular flexibility index (Phi) is 3.33. The Bertz CT molecular complexity index is 506. The molecule has 1 aromatic carbocycles.